The van der Waals surface area contributed by atoms with Gasteiger partial charge in [-0.05, 0) is 30.5 Å². The molecule has 2 rings (SSSR count). The molecule has 2 aromatic carbocycles. The first kappa shape index (κ1) is 17.7. The zero-order valence-electron chi connectivity index (χ0n) is 14.5. The summed E-state index contributed by atoms with van der Waals surface area (Å²) in [6.45, 7) is 4.17. The van der Waals surface area contributed by atoms with E-state index in [2.05, 4.69) is 5.32 Å². The minimum atomic E-state index is -0.522. The number of amides is 2. The van der Waals surface area contributed by atoms with E-state index in [0.29, 0.717) is 13.0 Å². The van der Waals surface area contributed by atoms with Gasteiger partial charge < -0.3 is 10.2 Å². The summed E-state index contributed by atoms with van der Waals surface area (Å²) in [6, 6.07) is 17.0. The van der Waals surface area contributed by atoms with E-state index in [4.69, 9.17) is 0 Å². The van der Waals surface area contributed by atoms with Gasteiger partial charge in [-0.2, -0.15) is 0 Å². The molecular weight excluding hydrogens is 300 g/mol. The molecule has 0 bridgehead atoms. The van der Waals surface area contributed by atoms with Crippen LogP contribution in [-0.2, 0) is 22.6 Å². The van der Waals surface area contributed by atoms with Crippen molar-refractivity contribution in [1.29, 1.82) is 0 Å². The van der Waals surface area contributed by atoms with Crippen molar-refractivity contribution in [3.63, 3.8) is 0 Å². The van der Waals surface area contributed by atoms with Crippen molar-refractivity contribution in [2.75, 3.05) is 7.05 Å². The molecule has 0 aliphatic heterocycles. The molecule has 0 saturated carbocycles. The van der Waals surface area contributed by atoms with Crippen molar-refractivity contribution in [1.82, 2.24) is 10.2 Å². The summed E-state index contributed by atoms with van der Waals surface area (Å²) in [7, 11) is 1.59. The Morgan fingerprint density at radius 1 is 1.04 bits per heavy atom. The van der Waals surface area contributed by atoms with Crippen LogP contribution in [0, 0.1) is 6.92 Å². The number of nitrogens with zero attached hydrogens (tertiary/aromatic N) is 1. The number of hydrogen-bond acceptors (Lipinski definition) is 2. The Bertz CT molecular complexity index is 698. The minimum absolute atomic E-state index is 0.0516. The van der Waals surface area contributed by atoms with E-state index in [-0.39, 0.29) is 11.8 Å². The molecule has 0 heterocycles. The van der Waals surface area contributed by atoms with Gasteiger partial charge in [0.1, 0.15) is 6.04 Å². The molecule has 1 N–H and O–H groups in total. The van der Waals surface area contributed by atoms with Crippen LogP contribution in [0.2, 0.25) is 0 Å². The molecule has 2 aromatic rings. The molecule has 126 valence electrons. The third-order valence-electron chi connectivity index (χ3n) is 4.21. The van der Waals surface area contributed by atoms with Crippen LogP contribution < -0.4 is 5.32 Å². The highest BCUT2D eigenvalue weighted by molar-refractivity contribution is 5.88. The van der Waals surface area contributed by atoms with E-state index < -0.39 is 6.04 Å². The highest BCUT2D eigenvalue weighted by Gasteiger charge is 2.25. The van der Waals surface area contributed by atoms with E-state index in [9.17, 15) is 9.59 Å². The van der Waals surface area contributed by atoms with E-state index >= 15 is 0 Å². The normalized spacial score (nSPS) is 11.6. The summed E-state index contributed by atoms with van der Waals surface area (Å²) in [5, 5.41) is 2.63. The Hall–Kier alpha value is -2.62. The second-order valence-corrected chi connectivity index (χ2v) is 5.90. The molecule has 1 atom stereocenters. The maximum atomic E-state index is 12.9. The Kier molecular flexibility index (Phi) is 6.13. The van der Waals surface area contributed by atoms with Gasteiger partial charge in [0, 0.05) is 13.6 Å². The molecule has 0 fully saturated rings. The lowest BCUT2D eigenvalue weighted by atomic mass is 10.0. The summed E-state index contributed by atoms with van der Waals surface area (Å²) >= 11 is 0. The van der Waals surface area contributed by atoms with E-state index in [1.165, 1.54) is 0 Å². The molecule has 0 aliphatic carbocycles. The fourth-order valence-corrected chi connectivity index (χ4v) is 2.64. The summed E-state index contributed by atoms with van der Waals surface area (Å²) in [6.07, 6.45) is 0.293. The molecule has 0 aromatic heterocycles. The van der Waals surface area contributed by atoms with E-state index in [0.717, 1.165) is 16.7 Å². The monoisotopic (exact) mass is 324 g/mol. The Morgan fingerprint density at radius 2 is 1.67 bits per heavy atom. The van der Waals surface area contributed by atoms with Gasteiger partial charge in [0.25, 0.3) is 0 Å². The van der Waals surface area contributed by atoms with Crippen LogP contribution in [0.3, 0.4) is 0 Å². The number of nitrogens with one attached hydrogen (secondary N) is 1. The second-order valence-electron chi connectivity index (χ2n) is 5.90. The highest BCUT2D eigenvalue weighted by Crippen LogP contribution is 2.14. The zero-order chi connectivity index (χ0) is 17.5. The first-order chi connectivity index (χ1) is 11.5. The van der Waals surface area contributed by atoms with Crippen molar-refractivity contribution < 1.29 is 9.59 Å². The number of benzene rings is 2. The predicted molar refractivity (Wildman–Crippen MR) is 95.4 cm³/mol. The third kappa shape index (κ3) is 4.44. The lowest BCUT2D eigenvalue weighted by Crippen LogP contribution is -2.47. The van der Waals surface area contributed by atoms with Crippen molar-refractivity contribution in [3.8, 4) is 0 Å². The Labute approximate surface area is 143 Å². The van der Waals surface area contributed by atoms with Crippen molar-refractivity contribution in [2.45, 2.75) is 32.9 Å². The number of carbonyl (C=O) groups excluding carboxylic acids is 2. The Morgan fingerprint density at radius 3 is 2.29 bits per heavy atom. The first-order valence-corrected chi connectivity index (χ1v) is 8.12. The maximum Gasteiger partial charge on any atom is 0.242 e. The van der Waals surface area contributed by atoms with Gasteiger partial charge in [-0.25, -0.2) is 0 Å². The van der Waals surface area contributed by atoms with E-state index in [1.807, 2.05) is 61.5 Å². The summed E-state index contributed by atoms with van der Waals surface area (Å²) < 4.78 is 0. The van der Waals surface area contributed by atoms with Crippen LogP contribution >= 0.6 is 0 Å². The van der Waals surface area contributed by atoms with Gasteiger partial charge in [0.15, 0.2) is 0 Å². The van der Waals surface area contributed by atoms with Gasteiger partial charge >= 0.3 is 0 Å². The summed E-state index contributed by atoms with van der Waals surface area (Å²) in [4.78, 5) is 26.6. The lowest BCUT2D eigenvalue weighted by Gasteiger charge is -2.28. The van der Waals surface area contributed by atoms with Gasteiger partial charge in [0.2, 0.25) is 11.8 Å². The van der Waals surface area contributed by atoms with Crippen LogP contribution in [0.4, 0.5) is 0 Å². The maximum absolute atomic E-state index is 12.9. The van der Waals surface area contributed by atoms with Crippen molar-refractivity contribution in [2.24, 2.45) is 0 Å². The molecule has 2 amide bonds. The largest absolute Gasteiger partial charge is 0.357 e. The second kappa shape index (κ2) is 8.29. The molecule has 0 saturated heterocycles. The first-order valence-electron chi connectivity index (χ1n) is 8.12. The SMILES string of the molecule is CNC(=O)[C@@H](C)N(Cc1ccccc1)C(=O)Cc1ccccc1C. The number of carbonyl (C=O) groups is 2. The molecule has 0 spiro atoms. The molecule has 0 radical (unpaired) electrons. The minimum Gasteiger partial charge on any atom is -0.357 e. The molecule has 0 aliphatic rings. The summed E-state index contributed by atoms with van der Waals surface area (Å²) in [5.41, 5.74) is 3.08. The Balaban J connectivity index is 2.22. The fourth-order valence-electron chi connectivity index (χ4n) is 2.64. The van der Waals surface area contributed by atoms with Crippen LogP contribution in [0.25, 0.3) is 0 Å². The summed E-state index contributed by atoms with van der Waals surface area (Å²) in [5.74, 6) is -0.215. The molecular formula is C20H24N2O2. The van der Waals surface area contributed by atoms with Crippen molar-refractivity contribution >= 4 is 11.8 Å². The van der Waals surface area contributed by atoms with Crippen LogP contribution in [0.15, 0.2) is 54.6 Å². The molecule has 0 unspecified atom stereocenters. The van der Waals surface area contributed by atoms with Gasteiger partial charge in [-0.3, -0.25) is 9.59 Å². The van der Waals surface area contributed by atoms with Crippen LogP contribution in [-0.4, -0.2) is 29.8 Å². The van der Waals surface area contributed by atoms with Crippen LogP contribution in [0.5, 0.6) is 0 Å². The smallest absolute Gasteiger partial charge is 0.242 e. The van der Waals surface area contributed by atoms with Gasteiger partial charge in [-0.1, -0.05) is 54.6 Å². The van der Waals surface area contributed by atoms with E-state index in [1.54, 1.807) is 18.9 Å². The number of rotatable bonds is 6. The average molecular weight is 324 g/mol. The van der Waals surface area contributed by atoms with Crippen molar-refractivity contribution in [3.05, 3.63) is 71.3 Å². The average Bonchev–Trinajstić information content (AvgIpc) is 2.61. The highest BCUT2D eigenvalue weighted by atomic mass is 16.2. The lowest BCUT2D eigenvalue weighted by molar-refractivity contribution is -0.139. The molecule has 24 heavy (non-hydrogen) atoms. The number of aryl methyl sites for hydroxylation is 1. The topological polar surface area (TPSA) is 49.4 Å². The third-order valence-corrected chi connectivity index (χ3v) is 4.21. The number of hydrogen-bond donors (Lipinski definition) is 1. The molecule has 4 nitrogen and oxygen atoms in total. The van der Waals surface area contributed by atoms with Crippen LogP contribution in [0.1, 0.15) is 23.6 Å². The number of likely N-dealkylation sites (N-methyl/N-ethyl adjacent to an activating group) is 1. The predicted octanol–water partition coefficient (Wildman–Crippen LogP) is 2.70. The molecule has 4 heteroatoms. The quantitative estimate of drug-likeness (QED) is 0.888. The van der Waals surface area contributed by atoms with Gasteiger partial charge in [0.05, 0.1) is 6.42 Å². The van der Waals surface area contributed by atoms with Gasteiger partial charge in [-0.15, -0.1) is 0 Å². The fraction of sp³-hybridized carbons (Fsp3) is 0.300. The zero-order valence-corrected chi connectivity index (χ0v) is 14.5. The standard InChI is InChI=1S/C20H24N2O2/c1-15-9-7-8-12-18(15)13-19(23)22(16(2)20(24)21-3)14-17-10-5-4-6-11-17/h4-12,16H,13-14H2,1-3H3,(H,21,24)/t16-/m1/s1.